The van der Waals surface area contributed by atoms with Crippen LogP contribution < -0.4 is 0 Å². The van der Waals surface area contributed by atoms with Gasteiger partial charge in [-0.2, -0.15) is 0 Å². The molecule has 0 saturated heterocycles. The van der Waals surface area contributed by atoms with E-state index in [1.807, 2.05) is 29.6 Å². The molecule has 8 rings (SSSR count). The topological polar surface area (TPSA) is 13.1 Å². The van der Waals surface area contributed by atoms with E-state index in [0.717, 1.165) is 16.7 Å². The Bertz CT molecular complexity index is 1880. The maximum Gasteiger partial charge on any atom is 0.143 e. The first-order valence-corrected chi connectivity index (χ1v) is 13.9. The lowest BCUT2D eigenvalue weighted by molar-refractivity contribution is 0.657. The molecule has 36 heavy (non-hydrogen) atoms. The second-order valence-corrected chi connectivity index (χ2v) is 12.3. The lowest BCUT2D eigenvalue weighted by atomic mass is 9.82. The molecule has 1 aliphatic carbocycles. The molecule has 3 heteroatoms. The average Bonchev–Trinajstić information content (AvgIpc) is 3.39. The van der Waals surface area contributed by atoms with Gasteiger partial charge in [0.1, 0.15) is 11.2 Å². The fraction of sp³-hybridized carbons (Fsp3) is 0.0909. The Morgan fingerprint density at radius 2 is 1.25 bits per heavy atom. The highest BCUT2D eigenvalue weighted by molar-refractivity contribution is 8.05. The van der Waals surface area contributed by atoms with Crippen LogP contribution in [0, 0.1) is 0 Å². The number of rotatable bonds is 1. The molecule has 6 aromatic rings. The molecule has 0 unspecified atom stereocenters. The van der Waals surface area contributed by atoms with Crippen molar-refractivity contribution in [1.29, 1.82) is 0 Å². The van der Waals surface area contributed by atoms with Crippen LogP contribution in [0.15, 0.2) is 121 Å². The van der Waals surface area contributed by atoms with Crippen molar-refractivity contribution in [2.24, 2.45) is 0 Å². The molecule has 1 aromatic heterocycles. The maximum atomic E-state index is 6.37. The predicted octanol–water partition coefficient (Wildman–Crippen LogP) is 10.2. The number of benzene rings is 5. The van der Waals surface area contributed by atoms with Crippen LogP contribution in [-0.4, -0.2) is 0 Å². The van der Waals surface area contributed by atoms with E-state index in [2.05, 4.69) is 105 Å². The summed E-state index contributed by atoms with van der Waals surface area (Å²) in [7, 11) is 0. The Morgan fingerprint density at radius 1 is 0.556 bits per heavy atom. The molecule has 0 saturated carbocycles. The van der Waals surface area contributed by atoms with Crippen LogP contribution in [0.3, 0.4) is 0 Å². The molecule has 0 spiro atoms. The summed E-state index contributed by atoms with van der Waals surface area (Å²) in [5.41, 5.74) is 9.73. The number of hydrogen-bond acceptors (Lipinski definition) is 3. The molecule has 0 atom stereocenters. The second kappa shape index (κ2) is 7.32. The van der Waals surface area contributed by atoms with Gasteiger partial charge in [0.05, 0.1) is 0 Å². The quantitative estimate of drug-likeness (QED) is 0.223. The molecule has 2 aliphatic rings. The Hall–Kier alpha value is -3.40. The summed E-state index contributed by atoms with van der Waals surface area (Å²) in [5, 5.41) is 2.34. The van der Waals surface area contributed by atoms with E-state index in [4.69, 9.17) is 4.42 Å². The molecule has 0 bridgehead atoms. The lowest BCUT2D eigenvalue weighted by Crippen LogP contribution is -2.15. The van der Waals surface area contributed by atoms with Gasteiger partial charge in [0.2, 0.25) is 0 Å². The molecule has 1 aliphatic heterocycles. The van der Waals surface area contributed by atoms with Crippen LogP contribution in [0.4, 0.5) is 0 Å². The van der Waals surface area contributed by atoms with E-state index in [0.29, 0.717) is 0 Å². The number of hydrogen-bond donors (Lipinski definition) is 0. The van der Waals surface area contributed by atoms with Gasteiger partial charge in [0.25, 0.3) is 0 Å². The van der Waals surface area contributed by atoms with Gasteiger partial charge < -0.3 is 4.42 Å². The van der Waals surface area contributed by atoms with Gasteiger partial charge in [-0.25, -0.2) is 0 Å². The van der Waals surface area contributed by atoms with Crippen molar-refractivity contribution >= 4 is 45.5 Å². The predicted molar refractivity (Wildman–Crippen MR) is 151 cm³/mol. The first kappa shape index (κ1) is 20.8. The third kappa shape index (κ3) is 2.81. The standard InChI is InChI=1S/C33H22OS2/c1-33(2)25-15-14-19(20-9-7-10-22-21-8-3-4-11-27(21)34-32(20)22)16-23(25)24-17-30-31(18-26(24)33)36-29-13-6-5-12-28(29)35-30/h3-18H,1-2H3. The van der Waals surface area contributed by atoms with Crippen molar-refractivity contribution in [2.75, 3.05) is 0 Å². The van der Waals surface area contributed by atoms with Gasteiger partial charge in [0.15, 0.2) is 0 Å². The molecule has 1 nitrogen and oxygen atoms in total. The smallest absolute Gasteiger partial charge is 0.143 e. The summed E-state index contributed by atoms with van der Waals surface area (Å²) in [6.45, 7) is 4.72. The van der Waals surface area contributed by atoms with E-state index in [1.54, 1.807) is 0 Å². The Labute approximate surface area is 218 Å². The highest BCUT2D eigenvalue weighted by Gasteiger charge is 2.37. The lowest BCUT2D eigenvalue weighted by Gasteiger charge is -2.24. The number of furan rings is 1. The minimum absolute atomic E-state index is 0.0359. The summed E-state index contributed by atoms with van der Waals surface area (Å²) in [4.78, 5) is 5.42. The van der Waals surface area contributed by atoms with Crippen LogP contribution in [0.25, 0.3) is 44.2 Å². The molecular formula is C33H22OS2. The summed E-state index contributed by atoms with van der Waals surface area (Å²) in [6.07, 6.45) is 0. The van der Waals surface area contributed by atoms with Gasteiger partial charge in [-0.3, -0.25) is 0 Å². The second-order valence-electron chi connectivity index (χ2n) is 10.2. The molecule has 0 amide bonds. The molecule has 0 N–H and O–H groups in total. The summed E-state index contributed by atoms with van der Waals surface area (Å²) in [6, 6.07) is 35.4. The molecule has 2 heterocycles. The zero-order chi connectivity index (χ0) is 24.0. The molecule has 5 aromatic carbocycles. The molecular weight excluding hydrogens is 476 g/mol. The summed E-state index contributed by atoms with van der Waals surface area (Å²) < 4.78 is 6.37. The monoisotopic (exact) mass is 498 g/mol. The Kier molecular flexibility index (Phi) is 4.22. The maximum absolute atomic E-state index is 6.37. The SMILES string of the molecule is CC1(C)c2ccc(-c3cccc4c3oc3ccccc34)cc2-c2cc3c(cc21)Sc1ccccc1S3. The van der Waals surface area contributed by atoms with E-state index < -0.39 is 0 Å². The van der Waals surface area contributed by atoms with Crippen molar-refractivity contribution in [3.8, 4) is 22.3 Å². The van der Waals surface area contributed by atoms with E-state index in [9.17, 15) is 0 Å². The van der Waals surface area contributed by atoms with Gasteiger partial charge in [-0.05, 0) is 64.2 Å². The van der Waals surface area contributed by atoms with Crippen molar-refractivity contribution < 1.29 is 4.42 Å². The minimum Gasteiger partial charge on any atom is -0.455 e. The first-order valence-electron chi connectivity index (χ1n) is 12.3. The third-order valence-electron chi connectivity index (χ3n) is 7.74. The largest absolute Gasteiger partial charge is 0.455 e. The zero-order valence-electron chi connectivity index (χ0n) is 20.0. The van der Waals surface area contributed by atoms with Crippen LogP contribution in [0.1, 0.15) is 25.0 Å². The van der Waals surface area contributed by atoms with Crippen LogP contribution >= 0.6 is 23.5 Å². The summed E-state index contributed by atoms with van der Waals surface area (Å²) in [5.74, 6) is 0. The van der Waals surface area contributed by atoms with Gasteiger partial charge in [0, 0.05) is 41.3 Å². The van der Waals surface area contributed by atoms with E-state index >= 15 is 0 Å². The Balaban J connectivity index is 1.32. The van der Waals surface area contributed by atoms with Crippen molar-refractivity contribution in [3.63, 3.8) is 0 Å². The fourth-order valence-electron chi connectivity index (χ4n) is 5.91. The fourth-order valence-corrected chi connectivity index (χ4v) is 8.19. The van der Waals surface area contributed by atoms with E-state index in [-0.39, 0.29) is 5.41 Å². The summed E-state index contributed by atoms with van der Waals surface area (Å²) >= 11 is 3.79. The normalized spacial score (nSPS) is 14.9. The number of para-hydroxylation sites is 2. The van der Waals surface area contributed by atoms with Gasteiger partial charge in [-0.15, -0.1) is 0 Å². The van der Waals surface area contributed by atoms with Crippen LogP contribution in [-0.2, 0) is 5.41 Å². The van der Waals surface area contributed by atoms with Crippen LogP contribution in [0.2, 0.25) is 0 Å². The third-order valence-corrected chi connectivity index (χ3v) is 10.3. The molecule has 0 radical (unpaired) electrons. The van der Waals surface area contributed by atoms with E-state index in [1.165, 1.54) is 58.2 Å². The highest BCUT2D eigenvalue weighted by atomic mass is 32.2. The molecule has 0 fully saturated rings. The first-order chi connectivity index (χ1) is 17.6. The van der Waals surface area contributed by atoms with Crippen molar-refractivity contribution in [1.82, 2.24) is 0 Å². The highest BCUT2D eigenvalue weighted by Crippen LogP contribution is 2.56. The van der Waals surface area contributed by atoms with Gasteiger partial charge >= 0.3 is 0 Å². The van der Waals surface area contributed by atoms with Gasteiger partial charge in [-0.1, -0.05) is 98.0 Å². The van der Waals surface area contributed by atoms with Crippen LogP contribution in [0.5, 0.6) is 0 Å². The van der Waals surface area contributed by atoms with Crippen molar-refractivity contribution in [3.05, 3.63) is 108 Å². The number of fused-ring (bicyclic) bond motifs is 8. The van der Waals surface area contributed by atoms with Crippen molar-refractivity contribution in [2.45, 2.75) is 38.8 Å². The minimum atomic E-state index is -0.0359. The average molecular weight is 499 g/mol. The zero-order valence-corrected chi connectivity index (χ0v) is 21.6. The Morgan fingerprint density at radius 3 is 2.08 bits per heavy atom. The molecule has 172 valence electrons.